The van der Waals surface area contributed by atoms with Crippen molar-refractivity contribution in [2.75, 3.05) is 5.32 Å². The lowest BCUT2D eigenvalue weighted by atomic mass is 10.1. The summed E-state index contributed by atoms with van der Waals surface area (Å²) in [6, 6.07) is 6.84. The summed E-state index contributed by atoms with van der Waals surface area (Å²) in [6.45, 7) is 2.19. The van der Waals surface area contributed by atoms with Crippen molar-refractivity contribution in [1.29, 1.82) is 0 Å². The molecule has 0 unspecified atom stereocenters. The van der Waals surface area contributed by atoms with E-state index < -0.39 is 0 Å². The molecule has 1 aliphatic heterocycles. The standard InChI is InChI=1S/C9H11NS/c1-6-4-7-5-8(11)2-3-9(7)10-6/h2-3,5-6,10-11H,4H2,1H3/t6-/m0/s1. The lowest BCUT2D eigenvalue weighted by molar-refractivity contribution is 0.838. The van der Waals surface area contributed by atoms with Crippen molar-refractivity contribution in [3.05, 3.63) is 23.8 Å². The SMILES string of the molecule is C[C@H]1Cc2cc(S)ccc2N1. The van der Waals surface area contributed by atoms with Gasteiger partial charge in [-0.05, 0) is 37.1 Å². The van der Waals surface area contributed by atoms with E-state index in [1.54, 1.807) is 0 Å². The van der Waals surface area contributed by atoms with Gasteiger partial charge in [0, 0.05) is 16.6 Å². The third-order valence-corrected chi connectivity index (χ3v) is 2.29. The first-order valence-corrected chi connectivity index (χ1v) is 4.29. The van der Waals surface area contributed by atoms with E-state index in [0.717, 1.165) is 11.3 Å². The number of nitrogens with one attached hydrogen (secondary N) is 1. The van der Waals surface area contributed by atoms with Crippen molar-refractivity contribution >= 4 is 18.3 Å². The van der Waals surface area contributed by atoms with Crippen LogP contribution in [0, 0.1) is 0 Å². The second-order valence-corrected chi connectivity index (χ2v) is 3.61. The minimum absolute atomic E-state index is 0.583. The van der Waals surface area contributed by atoms with Crippen molar-refractivity contribution < 1.29 is 0 Å². The van der Waals surface area contributed by atoms with Crippen LogP contribution in [0.4, 0.5) is 5.69 Å². The first-order valence-electron chi connectivity index (χ1n) is 3.84. The maximum Gasteiger partial charge on any atom is 0.0376 e. The summed E-state index contributed by atoms with van der Waals surface area (Å²) in [5.74, 6) is 0. The van der Waals surface area contributed by atoms with Gasteiger partial charge in [-0.15, -0.1) is 12.6 Å². The highest BCUT2D eigenvalue weighted by Gasteiger charge is 2.15. The van der Waals surface area contributed by atoms with Crippen molar-refractivity contribution in [3.8, 4) is 0 Å². The molecule has 1 N–H and O–H groups in total. The second-order valence-electron chi connectivity index (χ2n) is 3.09. The van der Waals surface area contributed by atoms with Crippen LogP contribution in [0.25, 0.3) is 0 Å². The van der Waals surface area contributed by atoms with Gasteiger partial charge in [-0.2, -0.15) is 0 Å². The Morgan fingerprint density at radius 2 is 2.36 bits per heavy atom. The fourth-order valence-electron chi connectivity index (χ4n) is 1.54. The van der Waals surface area contributed by atoms with Crippen LogP contribution in [-0.2, 0) is 6.42 Å². The summed E-state index contributed by atoms with van der Waals surface area (Å²) in [5.41, 5.74) is 2.67. The van der Waals surface area contributed by atoms with Gasteiger partial charge in [-0.1, -0.05) is 0 Å². The number of rotatable bonds is 0. The van der Waals surface area contributed by atoms with Crippen molar-refractivity contribution in [2.24, 2.45) is 0 Å². The van der Waals surface area contributed by atoms with E-state index in [-0.39, 0.29) is 0 Å². The Hall–Kier alpha value is -0.630. The first kappa shape index (κ1) is 7.04. The van der Waals surface area contributed by atoms with E-state index in [4.69, 9.17) is 0 Å². The average molecular weight is 165 g/mol. The van der Waals surface area contributed by atoms with Gasteiger partial charge in [0.15, 0.2) is 0 Å². The van der Waals surface area contributed by atoms with Crippen LogP contribution in [0.1, 0.15) is 12.5 Å². The van der Waals surface area contributed by atoms with E-state index in [0.29, 0.717) is 6.04 Å². The van der Waals surface area contributed by atoms with Crippen LogP contribution < -0.4 is 5.32 Å². The molecule has 11 heavy (non-hydrogen) atoms. The number of fused-ring (bicyclic) bond motifs is 1. The van der Waals surface area contributed by atoms with Gasteiger partial charge in [0.05, 0.1) is 0 Å². The molecule has 2 heteroatoms. The zero-order valence-electron chi connectivity index (χ0n) is 6.46. The van der Waals surface area contributed by atoms with Gasteiger partial charge in [-0.25, -0.2) is 0 Å². The Labute approximate surface area is 72.2 Å². The fourth-order valence-corrected chi connectivity index (χ4v) is 1.77. The summed E-state index contributed by atoms with van der Waals surface area (Å²) < 4.78 is 0. The lowest BCUT2D eigenvalue weighted by Gasteiger charge is -2.01. The maximum atomic E-state index is 4.28. The summed E-state index contributed by atoms with van der Waals surface area (Å²) in [7, 11) is 0. The minimum Gasteiger partial charge on any atom is -0.382 e. The average Bonchev–Trinajstić information content (AvgIpc) is 2.27. The second kappa shape index (κ2) is 2.45. The summed E-state index contributed by atoms with van der Waals surface area (Å²) in [5, 5.41) is 3.39. The monoisotopic (exact) mass is 165 g/mol. The van der Waals surface area contributed by atoms with Gasteiger partial charge < -0.3 is 5.32 Å². The van der Waals surface area contributed by atoms with E-state index in [9.17, 15) is 0 Å². The van der Waals surface area contributed by atoms with Crippen LogP contribution in [0.3, 0.4) is 0 Å². The summed E-state index contributed by atoms with van der Waals surface area (Å²) in [4.78, 5) is 1.06. The number of hydrogen-bond acceptors (Lipinski definition) is 2. The number of benzene rings is 1. The molecule has 0 saturated heterocycles. The highest BCUT2D eigenvalue weighted by atomic mass is 32.1. The zero-order chi connectivity index (χ0) is 7.84. The third-order valence-electron chi connectivity index (χ3n) is 2.02. The molecule has 1 heterocycles. The van der Waals surface area contributed by atoms with Gasteiger partial charge in [0.2, 0.25) is 0 Å². The topological polar surface area (TPSA) is 12.0 Å². The van der Waals surface area contributed by atoms with Crippen LogP contribution in [0.15, 0.2) is 23.1 Å². The number of hydrogen-bond donors (Lipinski definition) is 2. The van der Waals surface area contributed by atoms with E-state index in [1.165, 1.54) is 11.3 Å². The molecular weight excluding hydrogens is 154 g/mol. The first-order chi connectivity index (χ1) is 5.25. The van der Waals surface area contributed by atoms with Gasteiger partial charge in [-0.3, -0.25) is 0 Å². The molecule has 1 aromatic carbocycles. The largest absolute Gasteiger partial charge is 0.382 e. The van der Waals surface area contributed by atoms with Crippen molar-refractivity contribution in [2.45, 2.75) is 24.3 Å². The van der Waals surface area contributed by atoms with E-state index >= 15 is 0 Å². The molecule has 2 rings (SSSR count). The molecule has 0 amide bonds. The van der Waals surface area contributed by atoms with Crippen LogP contribution in [0.5, 0.6) is 0 Å². The smallest absolute Gasteiger partial charge is 0.0376 e. The summed E-state index contributed by atoms with van der Waals surface area (Å²) in [6.07, 6.45) is 1.13. The zero-order valence-corrected chi connectivity index (χ0v) is 7.36. The van der Waals surface area contributed by atoms with Crippen molar-refractivity contribution in [3.63, 3.8) is 0 Å². The molecule has 1 atom stereocenters. The van der Waals surface area contributed by atoms with E-state index in [2.05, 4.69) is 37.0 Å². The molecule has 0 fully saturated rings. The van der Waals surface area contributed by atoms with Crippen LogP contribution in [-0.4, -0.2) is 6.04 Å². The van der Waals surface area contributed by atoms with Crippen LogP contribution in [0.2, 0.25) is 0 Å². The maximum absolute atomic E-state index is 4.28. The Kier molecular flexibility index (Phi) is 1.57. The molecule has 0 spiro atoms. The predicted octanol–water partition coefficient (Wildman–Crippen LogP) is 2.33. The molecule has 1 aromatic rings. The Morgan fingerprint density at radius 1 is 1.55 bits per heavy atom. The molecule has 0 aromatic heterocycles. The molecule has 58 valence electrons. The van der Waals surface area contributed by atoms with E-state index in [1.807, 2.05) is 6.07 Å². The molecule has 0 bridgehead atoms. The molecular formula is C9H11NS. The third kappa shape index (κ3) is 1.23. The molecule has 0 radical (unpaired) electrons. The lowest BCUT2D eigenvalue weighted by Crippen LogP contribution is -2.08. The Bertz CT molecular complexity index is 283. The molecule has 1 nitrogen and oxygen atoms in total. The number of anilines is 1. The quantitative estimate of drug-likeness (QED) is 0.562. The number of thiol groups is 1. The Balaban J connectivity index is 2.43. The molecule has 1 aliphatic rings. The van der Waals surface area contributed by atoms with Gasteiger partial charge in [0.1, 0.15) is 0 Å². The van der Waals surface area contributed by atoms with Gasteiger partial charge >= 0.3 is 0 Å². The molecule has 0 aliphatic carbocycles. The van der Waals surface area contributed by atoms with Crippen LogP contribution >= 0.6 is 12.6 Å². The summed E-state index contributed by atoms with van der Waals surface area (Å²) >= 11 is 4.28. The predicted molar refractivity (Wildman–Crippen MR) is 50.5 cm³/mol. The minimum atomic E-state index is 0.583. The Morgan fingerprint density at radius 3 is 3.18 bits per heavy atom. The normalized spacial score (nSPS) is 21.1. The fraction of sp³-hybridized carbons (Fsp3) is 0.333. The molecule has 0 saturated carbocycles. The van der Waals surface area contributed by atoms with Crippen molar-refractivity contribution in [1.82, 2.24) is 0 Å². The van der Waals surface area contributed by atoms with Gasteiger partial charge in [0.25, 0.3) is 0 Å². The highest BCUT2D eigenvalue weighted by Crippen LogP contribution is 2.27. The highest BCUT2D eigenvalue weighted by molar-refractivity contribution is 7.80.